The average Bonchev–Trinajstić information content (AvgIpc) is 3.23. The maximum Gasteiger partial charge on any atom is 0.287 e. The number of para-hydroxylation sites is 1. The molecule has 130 valence electrons. The molecule has 0 saturated carbocycles. The van der Waals surface area contributed by atoms with Gasteiger partial charge in [-0.2, -0.15) is 5.10 Å². The zero-order valence-electron chi connectivity index (χ0n) is 14.2. The summed E-state index contributed by atoms with van der Waals surface area (Å²) in [6, 6.07) is 11.2. The lowest BCUT2D eigenvalue weighted by atomic mass is 10.2. The van der Waals surface area contributed by atoms with Gasteiger partial charge < -0.3 is 14.5 Å². The van der Waals surface area contributed by atoms with E-state index in [1.54, 1.807) is 11.0 Å². The number of rotatable bonds is 7. The Hall–Kier alpha value is -3.09. The van der Waals surface area contributed by atoms with Crippen LogP contribution in [0, 0.1) is 6.92 Å². The van der Waals surface area contributed by atoms with Crippen LogP contribution in [0.2, 0.25) is 0 Å². The number of benzene rings is 1. The number of nitrogens with one attached hydrogen (secondary N) is 1. The van der Waals surface area contributed by atoms with Crippen LogP contribution in [0.4, 0.5) is 0 Å². The summed E-state index contributed by atoms with van der Waals surface area (Å²) in [5.41, 5.74) is 0.775. The Bertz CT molecular complexity index is 812. The standard InChI is InChI=1S/C18H20N4O3/c1-13-8-16(10-24-15-6-4-3-5-7-15)25-17(13)18(23)21-14(2)9-22-12-19-11-20-22/h3-8,11-12,14H,9-10H2,1-2H3,(H,21,23)/t14-/m1/s1. The van der Waals surface area contributed by atoms with Gasteiger partial charge in [-0.3, -0.25) is 9.48 Å². The molecular formula is C18H20N4O3. The summed E-state index contributed by atoms with van der Waals surface area (Å²) in [5.74, 6) is 1.41. The predicted octanol–water partition coefficient (Wildman–Crippen LogP) is 2.58. The minimum absolute atomic E-state index is 0.109. The van der Waals surface area contributed by atoms with Gasteiger partial charge in [0, 0.05) is 11.6 Å². The molecule has 0 aliphatic heterocycles. The Morgan fingerprint density at radius 3 is 2.88 bits per heavy atom. The van der Waals surface area contributed by atoms with E-state index in [2.05, 4.69) is 15.4 Å². The third kappa shape index (κ3) is 4.47. The maximum atomic E-state index is 12.4. The smallest absolute Gasteiger partial charge is 0.287 e. The number of aryl methyl sites for hydroxylation is 1. The van der Waals surface area contributed by atoms with E-state index < -0.39 is 0 Å². The molecule has 0 radical (unpaired) electrons. The van der Waals surface area contributed by atoms with Crippen molar-refractivity contribution in [2.24, 2.45) is 0 Å². The van der Waals surface area contributed by atoms with Gasteiger partial charge in [0.1, 0.15) is 30.8 Å². The molecule has 0 aliphatic carbocycles. The number of furan rings is 1. The van der Waals surface area contributed by atoms with Crippen molar-refractivity contribution in [3.05, 3.63) is 66.1 Å². The van der Waals surface area contributed by atoms with Crippen LogP contribution in [-0.4, -0.2) is 26.7 Å². The SMILES string of the molecule is Cc1cc(COc2ccccc2)oc1C(=O)N[C@H](C)Cn1cncn1. The summed E-state index contributed by atoms with van der Waals surface area (Å²) >= 11 is 0. The summed E-state index contributed by atoms with van der Waals surface area (Å²) in [4.78, 5) is 16.3. The maximum absolute atomic E-state index is 12.4. The molecule has 0 spiro atoms. The fourth-order valence-corrected chi connectivity index (χ4v) is 2.46. The molecule has 2 heterocycles. The summed E-state index contributed by atoms with van der Waals surface area (Å²) in [5, 5.41) is 6.93. The van der Waals surface area contributed by atoms with Crippen molar-refractivity contribution in [3.8, 4) is 5.75 Å². The monoisotopic (exact) mass is 340 g/mol. The van der Waals surface area contributed by atoms with E-state index in [4.69, 9.17) is 9.15 Å². The van der Waals surface area contributed by atoms with E-state index in [1.807, 2.05) is 50.2 Å². The van der Waals surface area contributed by atoms with Crippen LogP contribution in [0.25, 0.3) is 0 Å². The van der Waals surface area contributed by atoms with Crippen molar-refractivity contribution in [1.29, 1.82) is 0 Å². The number of aromatic nitrogens is 3. The van der Waals surface area contributed by atoms with Crippen molar-refractivity contribution >= 4 is 5.91 Å². The molecule has 1 N–H and O–H groups in total. The molecule has 0 fully saturated rings. The van der Waals surface area contributed by atoms with E-state index in [1.165, 1.54) is 6.33 Å². The molecular weight excluding hydrogens is 320 g/mol. The van der Waals surface area contributed by atoms with Gasteiger partial charge in [-0.25, -0.2) is 4.98 Å². The third-order valence-corrected chi connectivity index (χ3v) is 3.60. The van der Waals surface area contributed by atoms with Gasteiger partial charge in [0.2, 0.25) is 0 Å². The van der Waals surface area contributed by atoms with Crippen LogP contribution >= 0.6 is 0 Å². The normalized spacial score (nSPS) is 11.9. The molecule has 7 heteroatoms. The Morgan fingerprint density at radius 2 is 2.16 bits per heavy atom. The van der Waals surface area contributed by atoms with Gasteiger partial charge in [0.05, 0.1) is 6.54 Å². The summed E-state index contributed by atoms with van der Waals surface area (Å²) in [7, 11) is 0. The van der Waals surface area contributed by atoms with Crippen molar-refractivity contribution in [2.75, 3.05) is 0 Å². The first-order valence-electron chi connectivity index (χ1n) is 8.02. The Morgan fingerprint density at radius 1 is 1.36 bits per heavy atom. The third-order valence-electron chi connectivity index (χ3n) is 3.60. The molecule has 3 aromatic rings. The van der Waals surface area contributed by atoms with Gasteiger partial charge in [0.25, 0.3) is 5.91 Å². The molecule has 2 aromatic heterocycles. The lowest BCUT2D eigenvalue weighted by Gasteiger charge is -2.12. The highest BCUT2D eigenvalue weighted by atomic mass is 16.5. The van der Waals surface area contributed by atoms with Crippen molar-refractivity contribution in [1.82, 2.24) is 20.1 Å². The Balaban J connectivity index is 1.58. The number of amides is 1. The van der Waals surface area contributed by atoms with Crippen molar-refractivity contribution in [3.63, 3.8) is 0 Å². The molecule has 0 saturated heterocycles. The van der Waals surface area contributed by atoms with Crippen LogP contribution < -0.4 is 10.1 Å². The van der Waals surface area contributed by atoms with Crippen LogP contribution in [0.1, 0.15) is 28.8 Å². The van der Waals surface area contributed by atoms with Gasteiger partial charge in [0.15, 0.2) is 5.76 Å². The second kappa shape index (κ2) is 7.65. The highest BCUT2D eigenvalue weighted by Gasteiger charge is 2.18. The fourth-order valence-electron chi connectivity index (χ4n) is 2.46. The number of nitrogens with zero attached hydrogens (tertiary/aromatic N) is 3. The zero-order valence-corrected chi connectivity index (χ0v) is 14.2. The van der Waals surface area contributed by atoms with Crippen LogP contribution in [0.5, 0.6) is 5.75 Å². The van der Waals surface area contributed by atoms with Crippen LogP contribution in [-0.2, 0) is 13.2 Å². The highest BCUT2D eigenvalue weighted by molar-refractivity contribution is 5.93. The molecule has 1 aromatic carbocycles. The van der Waals surface area contributed by atoms with Gasteiger partial charge >= 0.3 is 0 Å². The second-order valence-electron chi connectivity index (χ2n) is 5.82. The van der Waals surface area contributed by atoms with Crippen LogP contribution in [0.3, 0.4) is 0 Å². The Labute approximate surface area is 145 Å². The number of ether oxygens (including phenoxy) is 1. The topological polar surface area (TPSA) is 82.2 Å². The summed E-state index contributed by atoms with van der Waals surface area (Å²) in [6.07, 6.45) is 3.07. The lowest BCUT2D eigenvalue weighted by Crippen LogP contribution is -2.35. The summed E-state index contributed by atoms with van der Waals surface area (Å²) in [6.45, 7) is 4.55. The van der Waals surface area contributed by atoms with Gasteiger partial charge in [-0.15, -0.1) is 0 Å². The first-order valence-corrected chi connectivity index (χ1v) is 8.02. The average molecular weight is 340 g/mol. The number of carbonyl (C=O) groups excluding carboxylic acids is 1. The molecule has 25 heavy (non-hydrogen) atoms. The van der Waals surface area contributed by atoms with Crippen molar-refractivity contribution < 1.29 is 13.9 Å². The lowest BCUT2D eigenvalue weighted by molar-refractivity contribution is 0.0903. The van der Waals surface area contributed by atoms with Gasteiger partial charge in [-0.05, 0) is 32.0 Å². The minimum Gasteiger partial charge on any atom is -0.486 e. The molecule has 0 bridgehead atoms. The number of carbonyl (C=O) groups is 1. The number of hydrogen-bond donors (Lipinski definition) is 1. The zero-order chi connectivity index (χ0) is 17.6. The quantitative estimate of drug-likeness (QED) is 0.715. The van der Waals surface area contributed by atoms with E-state index >= 15 is 0 Å². The fraction of sp³-hybridized carbons (Fsp3) is 0.278. The van der Waals surface area contributed by atoms with Crippen LogP contribution in [0.15, 0.2) is 53.5 Å². The second-order valence-corrected chi connectivity index (χ2v) is 5.82. The summed E-state index contributed by atoms with van der Waals surface area (Å²) < 4.78 is 13.0. The molecule has 0 unspecified atom stereocenters. The molecule has 1 amide bonds. The predicted molar refractivity (Wildman–Crippen MR) is 91.2 cm³/mol. The van der Waals surface area contributed by atoms with E-state index in [9.17, 15) is 4.79 Å². The Kier molecular flexibility index (Phi) is 5.13. The molecule has 1 atom stereocenters. The highest BCUT2D eigenvalue weighted by Crippen LogP contribution is 2.17. The van der Waals surface area contributed by atoms with Gasteiger partial charge in [-0.1, -0.05) is 18.2 Å². The minimum atomic E-state index is -0.254. The number of hydrogen-bond acceptors (Lipinski definition) is 5. The van der Waals surface area contributed by atoms with Crippen molar-refractivity contribution in [2.45, 2.75) is 33.0 Å². The van der Waals surface area contributed by atoms with E-state index in [-0.39, 0.29) is 18.6 Å². The van der Waals surface area contributed by atoms with E-state index in [0.717, 1.165) is 11.3 Å². The first kappa shape index (κ1) is 16.8. The largest absolute Gasteiger partial charge is 0.486 e. The molecule has 7 nitrogen and oxygen atoms in total. The molecule has 0 aliphatic rings. The first-order chi connectivity index (χ1) is 12.1. The molecule has 3 rings (SSSR count). The van der Waals surface area contributed by atoms with E-state index in [0.29, 0.717) is 18.1 Å².